The first-order valence-corrected chi connectivity index (χ1v) is 11.6. The van der Waals surface area contributed by atoms with E-state index in [0.29, 0.717) is 42.6 Å². The Labute approximate surface area is 192 Å². The molecule has 3 amide bonds. The maximum absolute atomic E-state index is 13.1. The summed E-state index contributed by atoms with van der Waals surface area (Å²) < 4.78 is 0. The summed E-state index contributed by atoms with van der Waals surface area (Å²) in [5, 5.41) is 8.29. The van der Waals surface area contributed by atoms with E-state index in [4.69, 9.17) is 0 Å². The van der Waals surface area contributed by atoms with Crippen LogP contribution in [0.1, 0.15) is 55.4 Å². The summed E-state index contributed by atoms with van der Waals surface area (Å²) in [6.45, 7) is 0.580. The molecular formula is C24H29N5O4. The zero-order valence-electron chi connectivity index (χ0n) is 18.5. The Morgan fingerprint density at radius 3 is 2.55 bits per heavy atom. The van der Waals surface area contributed by atoms with Crippen LogP contribution in [0.15, 0.2) is 30.5 Å². The summed E-state index contributed by atoms with van der Waals surface area (Å²) in [5.74, 6) is -0.958. The topological polar surface area (TPSA) is 130 Å². The van der Waals surface area contributed by atoms with Gasteiger partial charge in [-0.3, -0.25) is 19.4 Å². The molecular weight excluding hydrogens is 422 g/mol. The number of nitrogens with zero attached hydrogens (tertiary/aromatic N) is 2. The van der Waals surface area contributed by atoms with Gasteiger partial charge in [0.2, 0.25) is 11.8 Å². The molecule has 174 valence electrons. The van der Waals surface area contributed by atoms with Gasteiger partial charge < -0.3 is 20.7 Å². The summed E-state index contributed by atoms with van der Waals surface area (Å²) in [7, 11) is 0. The largest absolute Gasteiger partial charge is 0.356 e. The van der Waals surface area contributed by atoms with Crippen LogP contribution in [0.4, 0.5) is 0 Å². The number of aromatic nitrogens is 2. The summed E-state index contributed by atoms with van der Waals surface area (Å²) in [5.41, 5.74) is 1.41. The van der Waals surface area contributed by atoms with E-state index >= 15 is 0 Å². The molecule has 2 fully saturated rings. The number of amides is 3. The van der Waals surface area contributed by atoms with E-state index in [1.165, 1.54) is 6.20 Å². The highest BCUT2D eigenvalue weighted by atomic mass is 16.2. The molecule has 1 saturated heterocycles. The zero-order chi connectivity index (χ0) is 23.2. The molecule has 3 N–H and O–H groups in total. The van der Waals surface area contributed by atoms with E-state index in [1.807, 2.05) is 18.2 Å². The lowest BCUT2D eigenvalue weighted by Gasteiger charge is -2.24. The van der Waals surface area contributed by atoms with E-state index in [-0.39, 0.29) is 23.9 Å². The zero-order valence-corrected chi connectivity index (χ0v) is 18.5. The third-order valence-electron chi connectivity index (χ3n) is 6.54. The molecule has 9 nitrogen and oxygen atoms in total. The van der Waals surface area contributed by atoms with Gasteiger partial charge in [0.15, 0.2) is 0 Å². The van der Waals surface area contributed by atoms with E-state index in [2.05, 4.69) is 25.9 Å². The van der Waals surface area contributed by atoms with Gasteiger partial charge in [0.25, 0.3) is 5.91 Å². The minimum absolute atomic E-state index is 0.0956. The molecule has 1 aromatic carbocycles. The van der Waals surface area contributed by atoms with Crippen molar-refractivity contribution in [3.8, 4) is 0 Å². The predicted molar refractivity (Wildman–Crippen MR) is 121 cm³/mol. The molecule has 4 rings (SSSR count). The Balaban J connectivity index is 1.45. The van der Waals surface area contributed by atoms with Crippen LogP contribution in [-0.2, 0) is 14.4 Å². The molecule has 33 heavy (non-hydrogen) atoms. The molecule has 3 atom stereocenters. The fourth-order valence-corrected chi connectivity index (χ4v) is 4.72. The third-order valence-corrected chi connectivity index (χ3v) is 6.54. The van der Waals surface area contributed by atoms with Crippen molar-refractivity contribution in [1.82, 2.24) is 25.9 Å². The monoisotopic (exact) mass is 451 g/mol. The molecule has 2 aromatic rings. The summed E-state index contributed by atoms with van der Waals surface area (Å²) in [4.78, 5) is 58.2. The number of benzene rings is 1. The summed E-state index contributed by atoms with van der Waals surface area (Å²) in [6, 6.07) is 5.67. The molecule has 0 spiro atoms. The van der Waals surface area contributed by atoms with Crippen LogP contribution in [0, 0.1) is 11.8 Å². The number of hydrogen-bond donors (Lipinski definition) is 3. The molecule has 1 aliphatic carbocycles. The second-order valence-corrected chi connectivity index (χ2v) is 8.92. The average Bonchev–Trinajstić information content (AvgIpc) is 3.49. The van der Waals surface area contributed by atoms with Gasteiger partial charge in [0.1, 0.15) is 18.0 Å². The van der Waals surface area contributed by atoms with E-state index in [1.54, 1.807) is 6.07 Å². The number of fused-ring (bicyclic) bond motifs is 1. The van der Waals surface area contributed by atoms with Crippen LogP contribution in [0.3, 0.4) is 0 Å². The Bertz CT molecular complexity index is 1040. The van der Waals surface area contributed by atoms with Crippen LogP contribution in [-0.4, -0.2) is 52.6 Å². The number of rotatable bonds is 9. The van der Waals surface area contributed by atoms with E-state index < -0.39 is 23.9 Å². The standard InChI is InChI=1S/C24H29N5O4/c30-14-17(12-16-9-10-25-22(16)31)27-23(32)20(11-15-5-1-2-6-15)29-24(33)21-13-26-18-7-3-4-8-19(18)28-21/h3-4,7-8,13-17,20H,1-2,5-6,9-12H2,(H,25,31)(H,27,32)(H,29,33)/t16?,17-,20-/m0/s1. The molecule has 0 bridgehead atoms. The first-order valence-electron chi connectivity index (χ1n) is 11.6. The molecule has 2 heterocycles. The van der Waals surface area contributed by atoms with Crippen molar-refractivity contribution < 1.29 is 19.2 Å². The maximum Gasteiger partial charge on any atom is 0.272 e. The number of carbonyl (C=O) groups excluding carboxylic acids is 4. The quantitative estimate of drug-likeness (QED) is 0.496. The van der Waals surface area contributed by atoms with Gasteiger partial charge in [-0.25, -0.2) is 4.98 Å². The van der Waals surface area contributed by atoms with E-state index in [0.717, 1.165) is 25.7 Å². The smallest absolute Gasteiger partial charge is 0.272 e. The number of aldehydes is 1. The predicted octanol–water partition coefficient (Wildman–Crippen LogP) is 1.52. The normalized spacial score (nSPS) is 20.2. The molecule has 1 aromatic heterocycles. The second kappa shape index (κ2) is 10.5. The first-order chi connectivity index (χ1) is 16.0. The van der Waals surface area contributed by atoms with Gasteiger partial charge in [-0.05, 0) is 37.3 Å². The average molecular weight is 452 g/mol. The van der Waals surface area contributed by atoms with E-state index in [9.17, 15) is 19.2 Å². The molecule has 9 heteroatoms. The van der Waals surface area contributed by atoms with Gasteiger partial charge in [-0.2, -0.15) is 0 Å². The van der Waals surface area contributed by atoms with Crippen LogP contribution in [0.2, 0.25) is 0 Å². The maximum atomic E-state index is 13.1. The minimum atomic E-state index is -0.797. The molecule has 1 unspecified atom stereocenters. The highest BCUT2D eigenvalue weighted by molar-refractivity contribution is 5.97. The van der Waals surface area contributed by atoms with Crippen molar-refractivity contribution >= 4 is 35.0 Å². The lowest BCUT2D eigenvalue weighted by Crippen LogP contribution is -2.51. The van der Waals surface area contributed by atoms with Crippen LogP contribution >= 0.6 is 0 Å². The van der Waals surface area contributed by atoms with Crippen molar-refractivity contribution in [3.05, 3.63) is 36.2 Å². The van der Waals surface area contributed by atoms with Crippen LogP contribution in [0.5, 0.6) is 0 Å². The Morgan fingerprint density at radius 2 is 1.85 bits per heavy atom. The van der Waals surface area contributed by atoms with Gasteiger partial charge in [0.05, 0.1) is 23.3 Å². The van der Waals surface area contributed by atoms with Crippen molar-refractivity contribution in [3.63, 3.8) is 0 Å². The first kappa shape index (κ1) is 22.8. The highest BCUT2D eigenvalue weighted by Crippen LogP contribution is 2.29. The van der Waals surface area contributed by atoms with Crippen molar-refractivity contribution in [2.45, 2.75) is 57.0 Å². The summed E-state index contributed by atoms with van der Waals surface area (Å²) in [6.07, 6.45) is 7.68. The lowest BCUT2D eigenvalue weighted by molar-refractivity contribution is -0.127. The fourth-order valence-electron chi connectivity index (χ4n) is 4.72. The third kappa shape index (κ3) is 5.71. The van der Waals surface area contributed by atoms with Gasteiger partial charge >= 0.3 is 0 Å². The Kier molecular flexibility index (Phi) is 7.26. The van der Waals surface area contributed by atoms with Crippen molar-refractivity contribution in [2.24, 2.45) is 11.8 Å². The van der Waals surface area contributed by atoms with Crippen LogP contribution < -0.4 is 16.0 Å². The molecule has 1 saturated carbocycles. The van der Waals surface area contributed by atoms with Gasteiger partial charge in [-0.1, -0.05) is 37.8 Å². The van der Waals surface area contributed by atoms with Crippen molar-refractivity contribution in [1.29, 1.82) is 0 Å². The summed E-state index contributed by atoms with van der Waals surface area (Å²) >= 11 is 0. The SMILES string of the molecule is O=C[C@H](CC1CCNC1=O)NC(=O)[C@H](CC1CCCC1)NC(=O)c1cnc2ccccc2n1. The Hall–Kier alpha value is -3.36. The number of carbonyl (C=O) groups is 4. The van der Waals surface area contributed by atoms with Gasteiger partial charge in [-0.15, -0.1) is 0 Å². The molecule has 1 aliphatic heterocycles. The Morgan fingerprint density at radius 1 is 1.09 bits per heavy atom. The molecule has 2 aliphatic rings. The highest BCUT2D eigenvalue weighted by Gasteiger charge is 2.31. The van der Waals surface area contributed by atoms with Crippen molar-refractivity contribution in [2.75, 3.05) is 6.54 Å². The second-order valence-electron chi connectivity index (χ2n) is 8.92. The fraction of sp³-hybridized carbons (Fsp3) is 0.500. The molecule has 0 radical (unpaired) electrons. The number of nitrogens with one attached hydrogen (secondary N) is 3. The lowest BCUT2D eigenvalue weighted by atomic mass is 9.96. The van der Waals surface area contributed by atoms with Gasteiger partial charge in [0, 0.05) is 12.5 Å². The number of hydrogen-bond acceptors (Lipinski definition) is 6. The number of para-hydroxylation sites is 2. The van der Waals surface area contributed by atoms with Crippen LogP contribution in [0.25, 0.3) is 11.0 Å². The minimum Gasteiger partial charge on any atom is -0.356 e.